The number of carbonyl (C=O) groups is 1. The highest BCUT2D eigenvalue weighted by atomic mass is 35.5. The zero-order chi connectivity index (χ0) is 27.8. The maximum atomic E-state index is 13.9. The second-order valence-electron chi connectivity index (χ2n) is 8.90. The minimum atomic E-state index is -3.99. The number of thioether (sulfide) groups is 1. The molecule has 0 saturated heterocycles. The van der Waals surface area contributed by atoms with Gasteiger partial charge >= 0.3 is 0 Å². The number of hydrogen-bond acceptors (Lipinski definition) is 4. The molecule has 9 heteroatoms. The van der Waals surface area contributed by atoms with E-state index in [-0.39, 0.29) is 22.9 Å². The molecule has 5 nitrogen and oxygen atoms in total. The van der Waals surface area contributed by atoms with Gasteiger partial charge in [0.2, 0.25) is 0 Å². The Morgan fingerprint density at radius 2 is 1.41 bits per heavy atom. The number of aryl methyl sites for hydroxylation is 1. The van der Waals surface area contributed by atoms with Crippen molar-refractivity contribution in [3.05, 3.63) is 129 Å². The van der Waals surface area contributed by atoms with E-state index in [1.165, 1.54) is 4.31 Å². The van der Waals surface area contributed by atoms with Crippen LogP contribution >= 0.6 is 35.0 Å². The number of sulfonamides is 1. The van der Waals surface area contributed by atoms with Crippen LogP contribution in [0.1, 0.15) is 27.0 Å². The summed E-state index contributed by atoms with van der Waals surface area (Å²) in [6, 6.07) is 28.1. The number of nitrogens with zero attached hydrogens (tertiary/aromatic N) is 1. The highest BCUT2D eigenvalue weighted by molar-refractivity contribution is 7.98. The first-order chi connectivity index (χ1) is 18.7. The van der Waals surface area contributed by atoms with Gasteiger partial charge < -0.3 is 5.32 Å². The van der Waals surface area contributed by atoms with E-state index in [4.69, 9.17) is 23.2 Å². The average Bonchev–Trinajstić information content (AvgIpc) is 2.93. The van der Waals surface area contributed by atoms with Gasteiger partial charge in [-0.2, -0.15) is 11.8 Å². The first kappa shape index (κ1) is 29.0. The van der Waals surface area contributed by atoms with Crippen LogP contribution in [0.25, 0.3) is 0 Å². The van der Waals surface area contributed by atoms with Crippen LogP contribution in [0.5, 0.6) is 0 Å². The van der Waals surface area contributed by atoms with Crippen LogP contribution in [-0.4, -0.2) is 26.6 Å². The van der Waals surface area contributed by atoms with Crippen molar-refractivity contribution in [2.45, 2.75) is 24.1 Å². The number of halogens is 2. The molecule has 1 amide bonds. The zero-order valence-corrected chi connectivity index (χ0v) is 24.5. The number of para-hydroxylation sites is 1. The van der Waals surface area contributed by atoms with E-state index in [9.17, 15) is 13.2 Å². The lowest BCUT2D eigenvalue weighted by Crippen LogP contribution is -2.34. The minimum Gasteiger partial charge on any atom is -0.351 e. The molecule has 0 aliphatic carbocycles. The number of benzene rings is 4. The summed E-state index contributed by atoms with van der Waals surface area (Å²) < 4.78 is 29.1. The van der Waals surface area contributed by atoms with E-state index in [2.05, 4.69) is 5.32 Å². The molecule has 0 aliphatic rings. The molecule has 0 bridgehead atoms. The smallest absolute Gasteiger partial charge is 0.264 e. The molecule has 0 fully saturated rings. The summed E-state index contributed by atoms with van der Waals surface area (Å²) in [6.07, 6.45) is 0. The van der Waals surface area contributed by atoms with Crippen molar-refractivity contribution in [2.24, 2.45) is 0 Å². The summed E-state index contributed by atoms with van der Waals surface area (Å²) in [4.78, 5) is 13.4. The maximum absolute atomic E-state index is 13.9. The van der Waals surface area contributed by atoms with E-state index < -0.39 is 10.0 Å². The predicted molar refractivity (Wildman–Crippen MR) is 162 cm³/mol. The highest BCUT2D eigenvalue weighted by Gasteiger charge is 2.28. The van der Waals surface area contributed by atoms with Gasteiger partial charge in [0.25, 0.3) is 15.9 Å². The lowest BCUT2D eigenvalue weighted by Gasteiger charge is -2.27. The van der Waals surface area contributed by atoms with Gasteiger partial charge in [-0.05, 0) is 66.6 Å². The molecule has 0 saturated carbocycles. The number of amides is 1. The van der Waals surface area contributed by atoms with Crippen LogP contribution in [0.3, 0.4) is 0 Å². The van der Waals surface area contributed by atoms with E-state index >= 15 is 0 Å². The summed E-state index contributed by atoms with van der Waals surface area (Å²) in [5.74, 6) is 1.16. The van der Waals surface area contributed by atoms with Gasteiger partial charge in [-0.15, -0.1) is 0 Å². The monoisotopic (exact) mass is 598 g/mol. The molecular formula is C30H28Cl2N2O3S2. The summed E-state index contributed by atoms with van der Waals surface area (Å²) in [5, 5.41) is 4.19. The van der Waals surface area contributed by atoms with Crippen molar-refractivity contribution in [1.29, 1.82) is 0 Å². The number of carbonyl (C=O) groups excluding carboxylic acids is 1. The largest absolute Gasteiger partial charge is 0.351 e. The average molecular weight is 600 g/mol. The maximum Gasteiger partial charge on any atom is 0.264 e. The number of anilines is 1. The van der Waals surface area contributed by atoms with Crippen molar-refractivity contribution in [1.82, 2.24) is 5.32 Å². The summed E-state index contributed by atoms with van der Waals surface area (Å²) >= 11 is 13.7. The van der Waals surface area contributed by atoms with Crippen molar-refractivity contribution in [2.75, 3.05) is 16.6 Å². The quantitative estimate of drug-likeness (QED) is 0.183. The van der Waals surface area contributed by atoms with Gasteiger partial charge in [-0.3, -0.25) is 9.10 Å². The standard InChI is InChI=1S/C30H28Cl2N2O3S2/c1-22-6-16-27(17-7-22)39(36,37)34(20-23-8-12-25(31)13-9-23)29-5-3-2-4-28(29)30(35)33-18-19-38-21-24-10-14-26(32)15-11-24/h2-17H,18-21H2,1H3,(H,33,35). The van der Waals surface area contributed by atoms with Crippen LogP contribution in [0.4, 0.5) is 5.69 Å². The van der Waals surface area contributed by atoms with Crippen LogP contribution in [0, 0.1) is 6.92 Å². The first-order valence-corrected chi connectivity index (χ1v) is 15.6. The Morgan fingerprint density at radius 3 is 2.05 bits per heavy atom. The Balaban J connectivity index is 1.54. The molecule has 0 aromatic heterocycles. The zero-order valence-electron chi connectivity index (χ0n) is 21.3. The van der Waals surface area contributed by atoms with E-state index in [0.717, 1.165) is 22.4 Å². The first-order valence-electron chi connectivity index (χ1n) is 12.3. The molecular weight excluding hydrogens is 571 g/mol. The van der Waals surface area contributed by atoms with Gasteiger partial charge in [0, 0.05) is 28.1 Å². The minimum absolute atomic E-state index is 0.0363. The Morgan fingerprint density at radius 1 is 0.821 bits per heavy atom. The highest BCUT2D eigenvalue weighted by Crippen LogP contribution is 2.30. The van der Waals surface area contributed by atoms with Crippen LogP contribution in [0.2, 0.25) is 10.0 Å². The van der Waals surface area contributed by atoms with Gasteiger partial charge in [0.1, 0.15) is 0 Å². The lowest BCUT2D eigenvalue weighted by molar-refractivity contribution is 0.0957. The predicted octanol–water partition coefficient (Wildman–Crippen LogP) is 7.36. The number of nitrogens with one attached hydrogen (secondary N) is 1. The van der Waals surface area contributed by atoms with Gasteiger partial charge in [0.15, 0.2) is 0 Å². The van der Waals surface area contributed by atoms with Crippen LogP contribution in [-0.2, 0) is 22.3 Å². The molecule has 39 heavy (non-hydrogen) atoms. The molecule has 4 aromatic rings. The molecule has 0 unspecified atom stereocenters. The lowest BCUT2D eigenvalue weighted by atomic mass is 10.1. The molecule has 4 aromatic carbocycles. The Bertz CT molecular complexity index is 1510. The molecule has 202 valence electrons. The Kier molecular flexibility index (Phi) is 9.97. The van der Waals surface area contributed by atoms with Gasteiger partial charge in [-0.25, -0.2) is 8.42 Å². The van der Waals surface area contributed by atoms with Crippen molar-refractivity contribution < 1.29 is 13.2 Å². The number of rotatable bonds is 11. The third-order valence-corrected chi connectivity index (χ3v) is 9.29. The molecule has 0 radical (unpaired) electrons. The topological polar surface area (TPSA) is 66.5 Å². The fourth-order valence-electron chi connectivity index (χ4n) is 3.88. The Hall–Kier alpha value is -2.97. The number of hydrogen-bond donors (Lipinski definition) is 1. The van der Waals surface area contributed by atoms with Crippen LogP contribution < -0.4 is 9.62 Å². The molecule has 4 rings (SSSR count). The third-order valence-electron chi connectivity index (χ3n) is 5.98. The molecule has 1 N–H and O–H groups in total. The van der Waals surface area contributed by atoms with E-state index in [0.29, 0.717) is 28.0 Å². The van der Waals surface area contributed by atoms with E-state index in [1.807, 2.05) is 31.2 Å². The SMILES string of the molecule is Cc1ccc(S(=O)(=O)N(Cc2ccc(Cl)cc2)c2ccccc2C(=O)NCCSCc2ccc(Cl)cc2)cc1. The van der Waals surface area contributed by atoms with Crippen LogP contribution in [0.15, 0.2) is 102 Å². The third kappa shape index (κ3) is 7.79. The summed E-state index contributed by atoms with van der Waals surface area (Å²) in [7, 11) is -3.99. The van der Waals surface area contributed by atoms with E-state index in [1.54, 1.807) is 84.6 Å². The van der Waals surface area contributed by atoms with Crippen molar-refractivity contribution in [3.63, 3.8) is 0 Å². The normalized spacial score (nSPS) is 11.3. The fraction of sp³-hybridized carbons (Fsp3) is 0.167. The second kappa shape index (κ2) is 13.4. The Labute approximate surface area is 244 Å². The molecule has 0 heterocycles. The second-order valence-corrected chi connectivity index (χ2v) is 12.7. The molecule has 0 atom stereocenters. The van der Waals surface area contributed by atoms with Crippen molar-refractivity contribution >= 4 is 56.6 Å². The molecule has 0 spiro atoms. The fourth-order valence-corrected chi connectivity index (χ4v) is 6.42. The molecule has 0 aliphatic heterocycles. The summed E-state index contributed by atoms with van der Waals surface area (Å²) in [5.41, 5.74) is 3.43. The van der Waals surface area contributed by atoms with Gasteiger partial charge in [0.05, 0.1) is 22.7 Å². The van der Waals surface area contributed by atoms with Gasteiger partial charge in [-0.1, -0.05) is 77.3 Å². The summed E-state index contributed by atoms with van der Waals surface area (Å²) in [6.45, 7) is 2.37. The van der Waals surface area contributed by atoms with Crippen molar-refractivity contribution in [3.8, 4) is 0 Å².